The van der Waals surface area contributed by atoms with E-state index in [1.54, 1.807) is 0 Å². The maximum atomic E-state index is 11.8. The Morgan fingerprint density at radius 3 is 1.85 bits per heavy atom. The molecule has 0 aromatic heterocycles. The molecule has 76 valence electrons. The fraction of sp³-hybridized carbons (Fsp3) is 0.750. The molecule has 0 atom stereocenters. The predicted octanol–water partition coefficient (Wildman–Crippen LogP) is 2.57. The molecule has 0 rings (SSSR count). The Morgan fingerprint density at radius 2 is 1.62 bits per heavy atom. The molecule has 0 aromatic rings. The topological polar surface area (TPSA) is 40.9 Å². The van der Waals surface area contributed by atoms with E-state index in [2.05, 4.69) is 0 Å². The number of carbonyl (C=O) groups is 1. The van der Waals surface area contributed by atoms with Gasteiger partial charge in [0.05, 0.1) is 6.42 Å². The highest BCUT2D eigenvalue weighted by Gasteiger charge is 2.37. The Hall–Kier alpha value is -0.870. The zero-order chi connectivity index (χ0) is 10.9. The lowest BCUT2D eigenvalue weighted by atomic mass is 9.88. The van der Waals surface area contributed by atoms with Crippen molar-refractivity contribution in [2.24, 2.45) is 5.41 Å². The summed E-state index contributed by atoms with van der Waals surface area (Å²) in [6.07, 6.45) is -5.52. The second-order valence-corrected chi connectivity index (χ2v) is 3.83. The van der Waals surface area contributed by atoms with E-state index in [9.17, 15) is 18.0 Å². The first kappa shape index (κ1) is 12.1. The van der Waals surface area contributed by atoms with Crippen LogP contribution in [-0.4, -0.2) is 17.7 Å². The largest absolute Gasteiger partial charge is 0.429 e. The number of alkyl halides is 3. The van der Waals surface area contributed by atoms with E-state index in [1.165, 1.54) is 20.8 Å². The number of nitrogens with one attached hydrogen (secondary N) is 1. The van der Waals surface area contributed by atoms with Crippen molar-refractivity contribution in [3.05, 3.63) is 0 Å². The lowest BCUT2D eigenvalue weighted by molar-refractivity contribution is -0.126. The molecule has 1 N–H and O–H groups in total. The summed E-state index contributed by atoms with van der Waals surface area (Å²) in [7, 11) is 0. The van der Waals surface area contributed by atoms with Crippen LogP contribution in [0.4, 0.5) is 13.2 Å². The van der Waals surface area contributed by atoms with Gasteiger partial charge in [0.15, 0.2) is 0 Å². The number of halogens is 3. The number of hydrogen-bond acceptors (Lipinski definition) is 2. The van der Waals surface area contributed by atoms with Gasteiger partial charge in [0.2, 0.25) is 0 Å². The molecular formula is C8H12F3NO. The van der Waals surface area contributed by atoms with Crippen LogP contribution in [0.2, 0.25) is 0 Å². The predicted molar refractivity (Wildman–Crippen MR) is 42.9 cm³/mol. The number of hydrogen-bond donors (Lipinski definition) is 1. The Labute approximate surface area is 74.6 Å². The summed E-state index contributed by atoms with van der Waals surface area (Å²) in [5.74, 6) is -0.574. The van der Waals surface area contributed by atoms with Crippen molar-refractivity contribution in [1.29, 1.82) is 5.41 Å². The molecule has 0 aromatic carbocycles. The van der Waals surface area contributed by atoms with Gasteiger partial charge in [-0.15, -0.1) is 0 Å². The smallest absolute Gasteiger partial charge is 0.300 e. The van der Waals surface area contributed by atoms with E-state index in [1.807, 2.05) is 0 Å². The minimum atomic E-state index is -4.68. The quantitative estimate of drug-likeness (QED) is 0.676. The molecular weight excluding hydrogens is 183 g/mol. The molecule has 0 aliphatic rings. The van der Waals surface area contributed by atoms with Gasteiger partial charge >= 0.3 is 6.18 Å². The zero-order valence-corrected chi connectivity index (χ0v) is 7.75. The van der Waals surface area contributed by atoms with E-state index < -0.39 is 29.5 Å². The molecule has 2 nitrogen and oxygen atoms in total. The van der Waals surface area contributed by atoms with E-state index in [0.717, 1.165) is 0 Å². The first-order valence-corrected chi connectivity index (χ1v) is 3.73. The lowest BCUT2D eigenvalue weighted by Gasteiger charge is -2.17. The zero-order valence-electron chi connectivity index (χ0n) is 7.75. The van der Waals surface area contributed by atoms with Crippen LogP contribution < -0.4 is 0 Å². The van der Waals surface area contributed by atoms with Crippen molar-refractivity contribution in [2.75, 3.05) is 0 Å². The number of carbonyl (C=O) groups excluding carboxylic acids is 1. The molecule has 0 radical (unpaired) electrons. The SMILES string of the molecule is CC(C)(C)C(=O)CC(=N)C(F)(F)F. The third kappa shape index (κ3) is 4.05. The molecule has 13 heavy (non-hydrogen) atoms. The fourth-order valence-electron chi connectivity index (χ4n) is 0.526. The standard InChI is InChI=1S/C8H12F3NO/c1-7(2,3)6(13)4-5(12)8(9,10)11/h12H,4H2,1-3H3. The number of rotatable bonds is 2. The van der Waals surface area contributed by atoms with Crippen LogP contribution in [-0.2, 0) is 4.79 Å². The molecule has 0 spiro atoms. The van der Waals surface area contributed by atoms with E-state index in [4.69, 9.17) is 5.41 Å². The second-order valence-electron chi connectivity index (χ2n) is 3.83. The van der Waals surface area contributed by atoms with Crippen molar-refractivity contribution in [1.82, 2.24) is 0 Å². The fourth-order valence-corrected chi connectivity index (χ4v) is 0.526. The monoisotopic (exact) mass is 195 g/mol. The second kappa shape index (κ2) is 3.47. The van der Waals surface area contributed by atoms with Gasteiger partial charge < -0.3 is 5.41 Å². The first-order valence-electron chi connectivity index (χ1n) is 3.73. The summed E-state index contributed by atoms with van der Waals surface area (Å²) in [4.78, 5) is 11.1. The molecule has 0 unspecified atom stereocenters. The van der Waals surface area contributed by atoms with Crippen LogP contribution in [0.25, 0.3) is 0 Å². The summed E-state index contributed by atoms with van der Waals surface area (Å²) >= 11 is 0. The maximum Gasteiger partial charge on any atom is 0.429 e. The van der Waals surface area contributed by atoms with Gasteiger partial charge in [0, 0.05) is 5.41 Å². The van der Waals surface area contributed by atoms with Crippen LogP contribution in [0.1, 0.15) is 27.2 Å². The van der Waals surface area contributed by atoms with Crippen molar-refractivity contribution in [2.45, 2.75) is 33.4 Å². The minimum Gasteiger partial charge on any atom is -0.300 e. The molecule has 5 heteroatoms. The number of ketones is 1. The van der Waals surface area contributed by atoms with Crippen LogP contribution in [0.15, 0.2) is 0 Å². The third-order valence-electron chi connectivity index (χ3n) is 1.52. The molecule has 0 saturated heterocycles. The van der Waals surface area contributed by atoms with Gasteiger partial charge in [-0.1, -0.05) is 20.8 Å². The first-order chi connectivity index (χ1) is 5.55. The molecule has 0 aliphatic heterocycles. The normalized spacial score (nSPS) is 12.8. The van der Waals surface area contributed by atoms with Crippen molar-refractivity contribution in [3.8, 4) is 0 Å². The Morgan fingerprint density at radius 1 is 1.23 bits per heavy atom. The number of Topliss-reactive ketones (excluding diaryl/α,β-unsaturated/α-hetero) is 1. The lowest BCUT2D eigenvalue weighted by Crippen LogP contribution is -2.29. The Kier molecular flexibility index (Phi) is 3.24. The third-order valence-corrected chi connectivity index (χ3v) is 1.52. The van der Waals surface area contributed by atoms with E-state index in [0.29, 0.717) is 0 Å². The van der Waals surface area contributed by atoms with Gasteiger partial charge in [-0.3, -0.25) is 4.79 Å². The molecule has 0 aliphatic carbocycles. The van der Waals surface area contributed by atoms with Gasteiger partial charge in [-0.25, -0.2) is 0 Å². The van der Waals surface area contributed by atoms with Gasteiger partial charge in [0.25, 0.3) is 0 Å². The summed E-state index contributed by atoms with van der Waals surface area (Å²) in [6, 6.07) is 0. The summed E-state index contributed by atoms with van der Waals surface area (Å²) in [5.41, 5.74) is -2.30. The summed E-state index contributed by atoms with van der Waals surface area (Å²) in [5, 5.41) is 6.60. The van der Waals surface area contributed by atoms with Crippen LogP contribution in [0, 0.1) is 10.8 Å². The van der Waals surface area contributed by atoms with Gasteiger partial charge in [0.1, 0.15) is 11.5 Å². The highest BCUT2D eigenvalue weighted by Crippen LogP contribution is 2.23. The Balaban J connectivity index is 4.34. The van der Waals surface area contributed by atoms with Crippen LogP contribution in [0.5, 0.6) is 0 Å². The molecule has 0 heterocycles. The average Bonchev–Trinajstić information content (AvgIpc) is 1.82. The van der Waals surface area contributed by atoms with Crippen molar-refractivity contribution in [3.63, 3.8) is 0 Å². The highest BCUT2D eigenvalue weighted by molar-refractivity contribution is 6.04. The van der Waals surface area contributed by atoms with Gasteiger partial charge in [-0.05, 0) is 0 Å². The van der Waals surface area contributed by atoms with Crippen LogP contribution in [0.3, 0.4) is 0 Å². The summed E-state index contributed by atoms with van der Waals surface area (Å²) < 4.78 is 35.5. The van der Waals surface area contributed by atoms with Crippen molar-refractivity contribution < 1.29 is 18.0 Å². The Bertz CT molecular complexity index is 201. The molecule has 0 fully saturated rings. The van der Waals surface area contributed by atoms with Crippen LogP contribution >= 0.6 is 0 Å². The molecule has 0 amide bonds. The molecule has 0 saturated carbocycles. The molecule has 0 bridgehead atoms. The minimum absolute atomic E-state index is 0.574. The van der Waals surface area contributed by atoms with Crippen molar-refractivity contribution >= 4 is 11.5 Å². The maximum absolute atomic E-state index is 11.8. The van der Waals surface area contributed by atoms with Gasteiger partial charge in [-0.2, -0.15) is 13.2 Å². The van der Waals surface area contributed by atoms with E-state index in [-0.39, 0.29) is 0 Å². The average molecular weight is 195 g/mol. The highest BCUT2D eigenvalue weighted by atomic mass is 19.4. The van der Waals surface area contributed by atoms with E-state index >= 15 is 0 Å². The summed E-state index contributed by atoms with van der Waals surface area (Å²) in [6.45, 7) is 4.58.